The first kappa shape index (κ1) is 20.1. The Labute approximate surface area is 176 Å². The summed E-state index contributed by atoms with van der Waals surface area (Å²) in [6.45, 7) is 10.5. The molecule has 1 aliphatic rings. The monoisotopic (exact) mass is 411 g/mol. The molecule has 6 heteroatoms. The minimum atomic E-state index is 0.0812. The summed E-state index contributed by atoms with van der Waals surface area (Å²) in [4.78, 5) is 22.7. The highest BCUT2D eigenvalue weighted by molar-refractivity contribution is 7.19. The SMILES string of the molecule is CCOc1ccc(-c2c(C)sc3nc(C)n(CCN4CCCCC4)c(=O)c23)cc1. The Morgan fingerprint density at radius 2 is 1.79 bits per heavy atom. The van der Waals surface area contributed by atoms with E-state index in [2.05, 4.69) is 11.8 Å². The van der Waals surface area contributed by atoms with Gasteiger partial charge in [-0.05, 0) is 64.4 Å². The topological polar surface area (TPSA) is 47.4 Å². The number of hydrogen-bond donors (Lipinski definition) is 0. The van der Waals surface area contributed by atoms with Crippen molar-refractivity contribution in [1.82, 2.24) is 14.5 Å². The zero-order valence-electron chi connectivity index (χ0n) is 17.5. The molecule has 3 heterocycles. The molecule has 3 aromatic rings. The molecule has 0 saturated carbocycles. The molecule has 0 aliphatic carbocycles. The van der Waals surface area contributed by atoms with Gasteiger partial charge in [-0.1, -0.05) is 18.6 Å². The van der Waals surface area contributed by atoms with Crippen molar-refractivity contribution in [2.24, 2.45) is 0 Å². The third-order valence-electron chi connectivity index (χ3n) is 5.72. The van der Waals surface area contributed by atoms with Gasteiger partial charge in [0.2, 0.25) is 0 Å². The predicted molar refractivity (Wildman–Crippen MR) is 120 cm³/mol. The second kappa shape index (κ2) is 8.67. The third kappa shape index (κ3) is 4.09. The highest BCUT2D eigenvalue weighted by Crippen LogP contribution is 2.36. The van der Waals surface area contributed by atoms with E-state index in [1.165, 1.54) is 19.3 Å². The summed E-state index contributed by atoms with van der Waals surface area (Å²) in [6, 6.07) is 8.02. The molecule has 1 saturated heterocycles. The van der Waals surface area contributed by atoms with Crippen molar-refractivity contribution >= 4 is 21.6 Å². The fourth-order valence-electron chi connectivity index (χ4n) is 4.22. The first-order valence-electron chi connectivity index (χ1n) is 10.5. The Hall–Kier alpha value is -2.18. The first-order chi connectivity index (χ1) is 14.1. The second-order valence-corrected chi connectivity index (χ2v) is 8.89. The van der Waals surface area contributed by atoms with Crippen LogP contribution in [0.4, 0.5) is 0 Å². The van der Waals surface area contributed by atoms with Gasteiger partial charge in [-0.25, -0.2) is 4.98 Å². The Morgan fingerprint density at radius 3 is 2.48 bits per heavy atom. The number of benzene rings is 1. The maximum absolute atomic E-state index is 13.5. The van der Waals surface area contributed by atoms with Gasteiger partial charge in [0.1, 0.15) is 16.4 Å². The second-order valence-electron chi connectivity index (χ2n) is 7.69. The lowest BCUT2D eigenvalue weighted by molar-refractivity contribution is 0.219. The van der Waals surface area contributed by atoms with Crippen LogP contribution in [0.5, 0.6) is 5.75 Å². The lowest BCUT2D eigenvalue weighted by atomic mass is 10.0. The van der Waals surface area contributed by atoms with Gasteiger partial charge < -0.3 is 9.64 Å². The number of rotatable bonds is 6. The quantitative estimate of drug-likeness (QED) is 0.593. The number of fused-ring (bicyclic) bond motifs is 1. The van der Waals surface area contributed by atoms with Crippen LogP contribution in [-0.4, -0.2) is 40.7 Å². The molecule has 5 nitrogen and oxygen atoms in total. The van der Waals surface area contributed by atoms with Gasteiger partial charge in [0.25, 0.3) is 5.56 Å². The number of aromatic nitrogens is 2. The van der Waals surface area contributed by atoms with Gasteiger partial charge >= 0.3 is 0 Å². The van der Waals surface area contributed by atoms with E-state index in [0.717, 1.165) is 57.4 Å². The average molecular weight is 412 g/mol. The van der Waals surface area contributed by atoms with Crippen molar-refractivity contribution in [2.75, 3.05) is 26.2 Å². The molecule has 0 amide bonds. The van der Waals surface area contributed by atoms with E-state index in [0.29, 0.717) is 13.2 Å². The molecule has 0 bridgehead atoms. The smallest absolute Gasteiger partial charge is 0.262 e. The number of aryl methyl sites for hydroxylation is 2. The molecule has 4 rings (SSSR count). The Kier molecular flexibility index (Phi) is 6.01. The van der Waals surface area contributed by atoms with Gasteiger partial charge in [0.05, 0.1) is 12.0 Å². The van der Waals surface area contributed by atoms with Crippen molar-refractivity contribution in [3.63, 3.8) is 0 Å². The predicted octanol–water partition coefficient (Wildman–Crippen LogP) is 4.63. The normalized spacial score (nSPS) is 15.1. The number of hydrogen-bond acceptors (Lipinski definition) is 5. The van der Waals surface area contributed by atoms with E-state index in [1.807, 2.05) is 42.7 Å². The highest BCUT2D eigenvalue weighted by Gasteiger charge is 2.19. The van der Waals surface area contributed by atoms with Crippen LogP contribution < -0.4 is 10.3 Å². The van der Waals surface area contributed by atoms with Gasteiger partial charge in [0, 0.05) is 23.5 Å². The standard InChI is InChI=1S/C23H29N3O2S/c1-4-28-19-10-8-18(9-11-19)20-16(2)29-22-21(20)23(27)26(17(3)24-22)15-14-25-12-6-5-7-13-25/h8-11H,4-7,12-15H2,1-3H3. The van der Waals surface area contributed by atoms with E-state index in [9.17, 15) is 4.79 Å². The molecule has 0 N–H and O–H groups in total. The zero-order valence-corrected chi connectivity index (χ0v) is 18.3. The number of thiophene rings is 1. The molecule has 0 unspecified atom stereocenters. The number of likely N-dealkylation sites (tertiary alicyclic amines) is 1. The summed E-state index contributed by atoms with van der Waals surface area (Å²) in [5, 5.41) is 0.751. The number of ether oxygens (including phenoxy) is 1. The average Bonchev–Trinajstić information content (AvgIpc) is 3.05. The van der Waals surface area contributed by atoms with E-state index in [1.54, 1.807) is 11.3 Å². The largest absolute Gasteiger partial charge is 0.494 e. The molecule has 1 fully saturated rings. The third-order valence-corrected chi connectivity index (χ3v) is 6.72. The summed E-state index contributed by atoms with van der Waals surface area (Å²) in [6.07, 6.45) is 3.84. The van der Waals surface area contributed by atoms with Gasteiger partial charge in [-0.3, -0.25) is 9.36 Å². The lowest BCUT2D eigenvalue weighted by Crippen LogP contribution is -2.35. The molecular formula is C23H29N3O2S. The Bertz CT molecular complexity index is 1050. The molecular weight excluding hydrogens is 382 g/mol. The van der Waals surface area contributed by atoms with Crippen molar-refractivity contribution in [1.29, 1.82) is 0 Å². The molecule has 0 atom stereocenters. The molecule has 0 radical (unpaired) electrons. The summed E-state index contributed by atoms with van der Waals surface area (Å²) >= 11 is 1.61. The van der Waals surface area contributed by atoms with E-state index >= 15 is 0 Å². The highest BCUT2D eigenvalue weighted by atomic mass is 32.1. The Morgan fingerprint density at radius 1 is 1.07 bits per heavy atom. The molecule has 1 aliphatic heterocycles. The minimum absolute atomic E-state index is 0.0812. The van der Waals surface area contributed by atoms with Crippen LogP contribution in [0.2, 0.25) is 0 Å². The number of piperidine rings is 1. The van der Waals surface area contributed by atoms with Crippen LogP contribution >= 0.6 is 11.3 Å². The zero-order chi connectivity index (χ0) is 20.4. The fraction of sp³-hybridized carbons (Fsp3) is 0.478. The maximum atomic E-state index is 13.5. The van der Waals surface area contributed by atoms with Crippen LogP contribution in [0.1, 0.15) is 36.9 Å². The molecule has 2 aromatic heterocycles. The van der Waals surface area contributed by atoms with E-state index in [-0.39, 0.29) is 5.56 Å². The lowest BCUT2D eigenvalue weighted by Gasteiger charge is -2.26. The van der Waals surface area contributed by atoms with Gasteiger partial charge in [-0.15, -0.1) is 11.3 Å². The Balaban J connectivity index is 1.71. The van der Waals surface area contributed by atoms with E-state index in [4.69, 9.17) is 9.72 Å². The van der Waals surface area contributed by atoms with Crippen LogP contribution in [0.15, 0.2) is 29.1 Å². The van der Waals surface area contributed by atoms with Crippen molar-refractivity contribution in [3.8, 4) is 16.9 Å². The molecule has 0 spiro atoms. The number of nitrogens with zero attached hydrogens (tertiary/aromatic N) is 3. The summed E-state index contributed by atoms with van der Waals surface area (Å²) in [5.74, 6) is 1.65. The van der Waals surface area contributed by atoms with Crippen LogP contribution in [0, 0.1) is 13.8 Å². The molecule has 29 heavy (non-hydrogen) atoms. The maximum Gasteiger partial charge on any atom is 0.262 e. The van der Waals surface area contributed by atoms with Crippen LogP contribution in [-0.2, 0) is 6.54 Å². The summed E-state index contributed by atoms with van der Waals surface area (Å²) < 4.78 is 7.43. The molecule has 154 valence electrons. The molecule has 1 aromatic carbocycles. The minimum Gasteiger partial charge on any atom is -0.494 e. The van der Waals surface area contributed by atoms with Crippen molar-refractivity contribution < 1.29 is 4.74 Å². The van der Waals surface area contributed by atoms with Gasteiger partial charge in [0.15, 0.2) is 0 Å². The van der Waals surface area contributed by atoms with Crippen molar-refractivity contribution in [3.05, 3.63) is 45.3 Å². The van der Waals surface area contributed by atoms with Crippen LogP contribution in [0.3, 0.4) is 0 Å². The summed E-state index contributed by atoms with van der Waals surface area (Å²) in [7, 11) is 0. The van der Waals surface area contributed by atoms with E-state index < -0.39 is 0 Å². The van der Waals surface area contributed by atoms with Gasteiger partial charge in [-0.2, -0.15) is 0 Å². The fourth-order valence-corrected chi connectivity index (χ4v) is 5.30. The van der Waals surface area contributed by atoms with Crippen molar-refractivity contribution in [2.45, 2.75) is 46.6 Å². The van der Waals surface area contributed by atoms with Crippen LogP contribution in [0.25, 0.3) is 21.3 Å². The summed E-state index contributed by atoms with van der Waals surface area (Å²) in [5.41, 5.74) is 2.14. The first-order valence-corrected chi connectivity index (χ1v) is 11.4.